The highest BCUT2D eigenvalue weighted by Crippen LogP contribution is 2.24. The van der Waals surface area contributed by atoms with Crippen molar-refractivity contribution < 1.29 is 5.11 Å². The van der Waals surface area contributed by atoms with Crippen LogP contribution in [0.25, 0.3) is 0 Å². The van der Waals surface area contributed by atoms with Crippen molar-refractivity contribution in [2.45, 2.75) is 6.04 Å². The van der Waals surface area contributed by atoms with Crippen LogP contribution in [0.5, 0.6) is 5.75 Å². The molecule has 4 heteroatoms. The Balaban J connectivity index is 2.20. The number of thioether (sulfide) groups is 1. The number of phenols is 1. The lowest BCUT2D eigenvalue weighted by Gasteiger charge is -1.98. The molecular weight excluding hydrogens is 218 g/mol. The maximum absolute atomic E-state index is 9.13. The van der Waals surface area contributed by atoms with E-state index in [-0.39, 0.29) is 11.8 Å². The number of halogens is 1. The molecule has 0 saturated carbocycles. The van der Waals surface area contributed by atoms with Crippen LogP contribution in [-0.4, -0.2) is 27.8 Å². The molecule has 0 radical (unpaired) electrons. The second-order valence-electron chi connectivity index (χ2n) is 3.10. The van der Waals surface area contributed by atoms with Gasteiger partial charge in [-0.25, -0.2) is 0 Å². The first-order chi connectivity index (χ1) is 6.79. The Hall–Kier alpha value is -0.670. The predicted octanol–water partition coefficient (Wildman–Crippen LogP) is 2.49. The molecule has 1 atom stereocenters. The molecule has 0 bridgehead atoms. The molecule has 0 aliphatic carbocycles. The molecule has 0 fully saturated rings. The van der Waals surface area contributed by atoms with Gasteiger partial charge >= 0.3 is 0 Å². The number of benzene rings is 1. The van der Waals surface area contributed by atoms with E-state index in [1.54, 1.807) is 23.9 Å². The molecule has 14 heavy (non-hydrogen) atoms. The van der Waals surface area contributed by atoms with Crippen molar-refractivity contribution in [2.75, 3.05) is 11.6 Å². The van der Waals surface area contributed by atoms with Crippen LogP contribution in [-0.2, 0) is 0 Å². The maximum Gasteiger partial charge on any atom is 0.115 e. The Labute approximate surface area is 92.0 Å². The van der Waals surface area contributed by atoms with Gasteiger partial charge < -0.3 is 5.11 Å². The Morgan fingerprint density at radius 3 is 2.71 bits per heavy atom. The summed E-state index contributed by atoms with van der Waals surface area (Å²) in [4.78, 5) is 4.47. The molecule has 2 rings (SSSR count). The predicted molar refractivity (Wildman–Crippen MR) is 61.6 cm³/mol. The van der Waals surface area contributed by atoms with Crippen molar-refractivity contribution in [3.63, 3.8) is 0 Å². The van der Waals surface area contributed by atoms with E-state index in [4.69, 9.17) is 16.7 Å². The van der Waals surface area contributed by atoms with E-state index >= 15 is 0 Å². The summed E-state index contributed by atoms with van der Waals surface area (Å²) in [7, 11) is 0. The first kappa shape index (κ1) is 9.87. The largest absolute Gasteiger partial charge is 0.508 e. The van der Waals surface area contributed by atoms with Crippen molar-refractivity contribution in [1.29, 1.82) is 0 Å². The van der Waals surface area contributed by atoms with Gasteiger partial charge in [-0.3, -0.25) is 4.99 Å². The molecule has 1 aromatic carbocycles. The van der Waals surface area contributed by atoms with Crippen LogP contribution in [0.15, 0.2) is 29.3 Å². The van der Waals surface area contributed by atoms with Crippen LogP contribution in [0.2, 0.25) is 0 Å². The minimum Gasteiger partial charge on any atom is -0.508 e. The van der Waals surface area contributed by atoms with Gasteiger partial charge in [0.2, 0.25) is 0 Å². The average molecular weight is 228 g/mol. The van der Waals surface area contributed by atoms with Gasteiger partial charge in [0.05, 0.1) is 11.1 Å². The van der Waals surface area contributed by atoms with E-state index in [2.05, 4.69) is 4.99 Å². The maximum atomic E-state index is 9.13. The molecule has 74 valence electrons. The Morgan fingerprint density at radius 2 is 2.14 bits per heavy atom. The number of alkyl halides is 1. The summed E-state index contributed by atoms with van der Waals surface area (Å²) in [6.07, 6.45) is 0. The summed E-state index contributed by atoms with van der Waals surface area (Å²) in [5.41, 5.74) is 1.06. The average Bonchev–Trinajstić information content (AvgIpc) is 2.67. The summed E-state index contributed by atoms with van der Waals surface area (Å²) in [6.45, 7) is 0. The number of hydrogen-bond donors (Lipinski definition) is 1. The van der Waals surface area contributed by atoms with Gasteiger partial charge in [-0.1, -0.05) is 0 Å². The third kappa shape index (κ3) is 2.04. The van der Waals surface area contributed by atoms with Crippen molar-refractivity contribution >= 4 is 28.4 Å². The molecule has 1 N–H and O–H groups in total. The fourth-order valence-electron chi connectivity index (χ4n) is 1.26. The van der Waals surface area contributed by atoms with Crippen LogP contribution in [0.1, 0.15) is 5.56 Å². The Kier molecular flexibility index (Phi) is 2.99. The number of rotatable bonds is 2. The third-order valence-corrected chi connectivity index (χ3v) is 3.53. The van der Waals surface area contributed by atoms with E-state index in [9.17, 15) is 0 Å². The zero-order chi connectivity index (χ0) is 9.97. The Morgan fingerprint density at radius 1 is 1.43 bits per heavy atom. The van der Waals surface area contributed by atoms with Gasteiger partial charge in [-0.05, 0) is 24.3 Å². The normalized spacial score (nSPS) is 20.9. The van der Waals surface area contributed by atoms with Crippen LogP contribution < -0.4 is 0 Å². The molecule has 1 aromatic rings. The van der Waals surface area contributed by atoms with E-state index in [1.807, 2.05) is 12.1 Å². The van der Waals surface area contributed by atoms with Gasteiger partial charge in [0, 0.05) is 17.2 Å². The van der Waals surface area contributed by atoms with E-state index in [1.165, 1.54) is 0 Å². The minimum absolute atomic E-state index is 0.241. The van der Waals surface area contributed by atoms with Crippen LogP contribution in [0.3, 0.4) is 0 Å². The van der Waals surface area contributed by atoms with Gasteiger partial charge in [-0.2, -0.15) is 0 Å². The highest BCUT2D eigenvalue weighted by molar-refractivity contribution is 8.14. The second kappa shape index (κ2) is 4.24. The summed E-state index contributed by atoms with van der Waals surface area (Å²) >= 11 is 7.44. The molecule has 1 aliphatic rings. The summed E-state index contributed by atoms with van der Waals surface area (Å²) in [5, 5.41) is 10.2. The van der Waals surface area contributed by atoms with Crippen molar-refractivity contribution in [3.05, 3.63) is 29.8 Å². The number of nitrogens with zero attached hydrogens (tertiary/aromatic N) is 1. The molecule has 0 amide bonds. The van der Waals surface area contributed by atoms with E-state index in [0.717, 1.165) is 16.4 Å². The molecule has 0 spiro atoms. The molecule has 1 aliphatic heterocycles. The highest BCUT2D eigenvalue weighted by Gasteiger charge is 2.18. The van der Waals surface area contributed by atoms with Crippen molar-refractivity contribution in [2.24, 2.45) is 4.99 Å². The number of aliphatic imine (C=N–C) groups is 1. The van der Waals surface area contributed by atoms with Crippen LogP contribution in [0.4, 0.5) is 0 Å². The fraction of sp³-hybridized carbons (Fsp3) is 0.300. The molecule has 2 nitrogen and oxygen atoms in total. The second-order valence-corrected chi connectivity index (χ2v) is 4.42. The van der Waals surface area contributed by atoms with Crippen molar-refractivity contribution in [3.8, 4) is 5.75 Å². The van der Waals surface area contributed by atoms with E-state index in [0.29, 0.717) is 5.88 Å². The molecule has 0 saturated heterocycles. The van der Waals surface area contributed by atoms with Gasteiger partial charge in [-0.15, -0.1) is 23.4 Å². The SMILES string of the molecule is Oc1ccc(C2=NC(CCl)CS2)cc1. The lowest BCUT2D eigenvalue weighted by atomic mass is 10.2. The summed E-state index contributed by atoms with van der Waals surface area (Å²) < 4.78 is 0. The zero-order valence-corrected chi connectivity index (χ0v) is 9.05. The van der Waals surface area contributed by atoms with Gasteiger partial charge in [0.15, 0.2) is 0 Å². The molecule has 1 heterocycles. The first-order valence-electron chi connectivity index (χ1n) is 4.35. The highest BCUT2D eigenvalue weighted by atomic mass is 35.5. The lowest BCUT2D eigenvalue weighted by Crippen LogP contribution is -2.03. The third-order valence-electron chi connectivity index (χ3n) is 2.00. The lowest BCUT2D eigenvalue weighted by molar-refractivity contribution is 0.475. The van der Waals surface area contributed by atoms with Crippen LogP contribution >= 0.6 is 23.4 Å². The van der Waals surface area contributed by atoms with E-state index < -0.39 is 0 Å². The number of phenolic OH excluding ortho intramolecular Hbond substituents is 1. The first-order valence-corrected chi connectivity index (χ1v) is 5.87. The minimum atomic E-state index is 0.241. The topological polar surface area (TPSA) is 32.6 Å². The smallest absolute Gasteiger partial charge is 0.115 e. The van der Waals surface area contributed by atoms with Gasteiger partial charge in [0.1, 0.15) is 5.75 Å². The zero-order valence-electron chi connectivity index (χ0n) is 7.48. The van der Waals surface area contributed by atoms with Gasteiger partial charge in [0.25, 0.3) is 0 Å². The monoisotopic (exact) mass is 227 g/mol. The quantitative estimate of drug-likeness (QED) is 0.788. The van der Waals surface area contributed by atoms with Crippen LogP contribution in [0, 0.1) is 0 Å². The standard InChI is InChI=1S/C10H10ClNOS/c11-5-8-6-14-10(12-8)7-1-3-9(13)4-2-7/h1-4,8,13H,5-6H2. The molecule has 1 unspecified atom stereocenters. The van der Waals surface area contributed by atoms with Crippen molar-refractivity contribution in [1.82, 2.24) is 0 Å². The summed E-state index contributed by atoms with van der Waals surface area (Å²) in [5.74, 6) is 1.82. The number of hydrogen-bond acceptors (Lipinski definition) is 3. The summed E-state index contributed by atoms with van der Waals surface area (Å²) in [6, 6.07) is 7.33. The number of aromatic hydroxyl groups is 1. The molecular formula is C10H10ClNOS. The molecule has 0 aromatic heterocycles. The Bertz CT molecular complexity index is 350. The fourth-order valence-corrected chi connectivity index (χ4v) is 2.63.